The number of alkyl halides is 3. The average molecular weight is 494 g/mol. The highest BCUT2D eigenvalue weighted by Gasteiger charge is 2.38. The number of halogens is 3. The Morgan fingerprint density at radius 3 is 1.18 bits per heavy atom. The normalized spacial score (nSPS) is 12.7. The van der Waals surface area contributed by atoms with E-state index in [4.69, 9.17) is 39.8 Å². The first-order valence-corrected chi connectivity index (χ1v) is 9.00. The number of nitrogens with one attached hydrogen (secondary N) is 2. The van der Waals surface area contributed by atoms with Gasteiger partial charge in [0.05, 0.1) is 39.3 Å². The summed E-state index contributed by atoms with van der Waals surface area (Å²) in [4.78, 5) is 51.5. The summed E-state index contributed by atoms with van der Waals surface area (Å²) in [5.41, 5.74) is 0. The van der Waals surface area contributed by atoms with Gasteiger partial charge in [0.1, 0.15) is 12.1 Å². The zero-order chi connectivity index (χ0) is 26.0. The fraction of sp³-hybridized carbons (Fsp3) is 0.688. The number of carboxylic acids is 5. The molecule has 0 bridgehead atoms. The lowest BCUT2D eigenvalue weighted by Crippen LogP contribution is -2.40. The van der Waals surface area contributed by atoms with Crippen molar-refractivity contribution < 1.29 is 72.2 Å². The van der Waals surface area contributed by atoms with Crippen molar-refractivity contribution in [1.29, 1.82) is 0 Å². The van der Waals surface area contributed by atoms with Crippen LogP contribution >= 0.6 is 0 Å². The second-order valence-electron chi connectivity index (χ2n) is 5.91. The second-order valence-corrected chi connectivity index (χ2v) is 5.91. The average Bonchev–Trinajstić information content (AvgIpc) is 2.66. The number of aliphatic carboxylic acids is 5. The summed E-state index contributed by atoms with van der Waals surface area (Å²) in [5, 5.41) is 46.9. The molecule has 192 valence electrons. The number of rotatable bonds is 17. The molecule has 0 amide bonds. The van der Waals surface area contributed by atoms with Crippen molar-refractivity contribution in [2.75, 3.05) is 39.5 Å². The predicted octanol–water partition coefficient (Wildman–Crippen LogP) is -1.31. The lowest BCUT2D eigenvalue weighted by molar-refractivity contribution is -0.192. The van der Waals surface area contributed by atoms with Crippen LogP contribution in [0.1, 0.15) is 12.8 Å². The molecule has 0 heterocycles. The second kappa shape index (κ2) is 17.5. The molecule has 0 aromatic rings. The smallest absolute Gasteiger partial charge is 0.481 e. The van der Waals surface area contributed by atoms with Crippen LogP contribution in [0.25, 0.3) is 0 Å². The van der Waals surface area contributed by atoms with E-state index in [-0.39, 0.29) is 39.5 Å². The van der Waals surface area contributed by atoms with Gasteiger partial charge < -0.3 is 45.6 Å². The molecule has 0 saturated heterocycles. The molecule has 2 atom stereocenters. The topological polar surface area (TPSA) is 229 Å². The summed E-state index contributed by atoms with van der Waals surface area (Å²) in [7, 11) is 0. The van der Waals surface area contributed by atoms with E-state index in [1.54, 1.807) is 0 Å². The Kier molecular flexibility index (Phi) is 17.1. The number of carbonyl (C=O) groups is 5. The van der Waals surface area contributed by atoms with Crippen molar-refractivity contribution in [2.24, 2.45) is 0 Å². The zero-order valence-electron chi connectivity index (χ0n) is 17.0. The van der Waals surface area contributed by atoms with Gasteiger partial charge in [0.15, 0.2) is 0 Å². The van der Waals surface area contributed by atoms with E-state index in [2.05, 4.69) is 10.6 Å². The van der Waals surface area contributed by atoms with Gasteiger partial charge >= 0.3 is 36.0 Å². The highest BCUT2D eigenvalue weighted by Crippen LogP contribution is 2.13. The van der Waals surface area contributed by atoms with Crippen LogP contribution in [0.15, 0.2) is 0 Å². The Morgan fingerprint density at radius 1 is 0.667 bits per heavy atom. The highest BCUT2D eigenvalue weighted by atomic mass is 19.4. The van der Waals surface area contributed by atoms with E-state index < -0.39 is 60.9 Å². The van der Waals surface area contributed by atoms with Crippen molar-refractivity contribution in [3.63, 3.8) is 0 Å². The Morgan fingerprint density at radius 2 is 0.970 bits per heavy atom. The van der Waals surface area contributed by atoms with Crippen LogP contribution in [-0.2, 0) is 33.4 Å². The molecule has 0 aromatic heterocycles. The standard InChI is InChI=1S/C14H24N2O10.C2HF3O2/c17-11(18)7-9(13(21)22)15-1-3-25-5-6-26-4-2-16-10(14(23)24)8-12(19)20;3-2(4,5)1(6)7/h9-10,15-16H,1-8H2,(H,17,18)(H,19,20)(H,21,22)(H,23,24);(H,6,7). The third kappa shape index (κ3) is 20.6. The van der Waals surface area contributed by atoms with Crippen LogP contribution in [-0.4, -0.2) is 113 Å². The maximum absolute atomic E-state index is 10.8. The minimum absolute atomic E-state index is 0.154. The van der Waals surface area contributed by atoms with Gasteiger partial charge in [-0.15, -0.1) is 0 Å². The molecule has 0 aliphatic carbocycles. The number of hydrogen-bond donors (Lipinski definition) is 7. The predicted molar refractivity (Wildman–Crippen MR) is 98.7 cm³/mol. The largest absolute Gasteiger partial charge is 0.490 e. The van der Waals surface area contributed by atoms with E-state index in [1.807, 2.05) is 0 Å². The third-order valence-corrected chi connectivity index (χ3v) is 3.24. The Bertz CT molecular complexity index is 603. The molecule has 0 fully saturated rings. The fourth-order valence-electron chi connectivity index (χ4n) is 1.78. The lowest BCUT2D eigenvalue weighted by atomic mass is 10.2. The van der Waals surface area contributed by atoms with Crippen LogP contribution in [0, 0.1) is 0 Å². The molecule has 2 unspecified atom stereocenters. The summed E-state index contributed by atoms with van der Waals surface area (Å²) in [6, 6.07) is -2.38. The third-order valence-electron chi connectivity index (χ3n) is 3.24. The van der Waals surface area contributed by atoms with Crippen LogP contribution in [0.4, 0.5) is 13.2 Å². The molecular weight excluding hydrogens is 469 g/mol. The summed E-state index contributed by atoms with van der Waals surface area (Å²) < 4.78 is 42.1. The Balaban J connectivity index is 0. The molecule has 7 N–H and O–H groups in total. The number of carboxylic acid groups (broad SMARTS) is 5. The van der Waals surface area contributed by atoms with Gasteiger partial charge in [-0.05, 0) is 0 Å². The van der Waals surface area contributed by atoms with E-state index in [9.17, 15) is 32.3 Å². The maximum Gasteiger partial charge on any atom is 0.490 e. The minimum Gasteiger partial charge on any atom is -0.481 e. The molecule has 0 aromatic carbocycles. The maximum atomic E-state index is 10.8. The molecule has 33 heavy (non-hydrogen) atoms. The molecule has 14 nitrogen and oxygen atoms in total. The first-order valence-electron chi connectivity index (χ1n) is 9.00. The molecule has 17 heteroatoms. The van der Waals surface area contributed by atoms with E-state index in [0.29, 0.717) is 0 Å². The molecule has 0 saturated carbocycles. The van der Waals surface area contributed by atoms with E-state index in [0.717, 1.165) is 0 Å². The van der Waals surface area contributed by atoms with Crippen LogP contribution in [0.5, 0.6) is 0 Å². The van der Waals surface area contributed by atoms with Crippen molar-refractivity contribution >= 4 is 29.8 Å². The van der Waals surface area contributed by atoms with Gasteiger partial charge in [0.2, 0.25) is 0 Å². The lowest BCUT2D eigenvalue weighted by Gasteiger charge is -2.13. The van der Waals surface area contributed by atoms with Gasteiger partial charge in [-0.2, -0.15) is 13.2 Å². The van der Waals surface area contributed by atoms with Gasteiger partial charge in [0, 0.05) is 13.1 Å². The zero-order valence-corrected chi connectivity index (χ0v) is 17.0. The quantitative estimate of drug-likeness (QED) is 0.116. The summed E-state index contributed by atoms with van der Waals surface area (Å²) in [5.74, 6) is -7.72. The number of hydrogen-bond acceptors (Lipinski definition) is 9. The van der Waals surface area contributed by atoms with Crippen molar-refractivity contribution in [3.8, 4) is 0 Å². The molecule has 0 spiro atoms. The fourth-order valence-corrected chi connectivity index (χ4v) is 1.78. The summed E-state index contributed by atoms with van der Waals surface area (Å²) in [6.07, 6.45) is -6.16. The highest BCUT2D eigenvalue weighted by molar-refractivity contribution is 5.81. The Labute approximate surface area is 184 Å². The van der Waals surface area contributed by atoms with Crippen LogP contribution < -0.4 is 10.6 Å². The van der Waals surface area contributed by atoms with Crippen molar-refractivity contribution in [1.82, 2.24) is 10.6 Å². The monoisotopic (exact) mass is 494 g/mol. The summed E-state index contributed by atoms with van der Waals surface area (Å²) in [6.45, 7) is 1.03. The van der Waals surface area contributed by atoms with Crippen LogP contribution in [0.3, 0.4) is 0 Å². The van der Waals surface area contributed by atoms with E-state index >= 15 is 0 Å². The molecule has 0 radical (unpaired) electrons. The van der Waals surface area contributed by atoms with Gasteiger partial charge in [-0.3, -0.25) is 19.2 Å². The molecule has 0 aliphatic heterocycles. The van der Waals surface area contributed by atoms with Crippen molar-refractivity contribution in [3.05, 3.63) is 0 Å². The summed E-state index contributed by atoms with van der Waals surface area (Å²) >= 11 is 0. The van der Waals surface area contributed by atoms with Gasteiger partial charge in [-0.25, -0.2) is 4.79 Å². The SMILES string of the molecule is O=C(O)C(F)(F)F.O=C(O)CC(NCCOCCOCCNC(CC(=O)O)C(=O)O)C(=O)O. The first-order chi connectivity index (χ1) is 15.2. The Hall–Kier alpha value is -3.02. The van der Waals surface area contributed by atoms with Crippen LogP contribution in [0.2, 0.25) is 0 Å². The first kappa shape index (κ1) is 32.2. The number of ether oxygens (including phenoxy) is 2. The van der Waals surface area contributed by atoms with Crippen molar-refractivity contribution in [2.45, 2.75) is 31.1 Å². The molecule has 0 rings (SSSR count). The van der Waals surface area contributed by atoms with Gasteiger partial charge in [0.25, 0.3) is 0 Å². The minimum atomic E-state index is -5.08. The van der Waals surface area contributed by atoms with Gasteiger partial charge in [-0.1, -0.05) is 0 Å². The molecule has 0 aliphatic rings. The van der Waals surface area contributed by atoms with E-state index in [1.165, 1.54) is 0 Å². The molecular formula is C16H25F3N2O12.